The second kappa shape index (κ2) is 8.27. The van der Waals surface area contributed by atoms with Gasteiger partial charge >= 0.3 is 0 Å². The normalized spacial score (nSPS) is 15.1. The minimum atomic E-state index is -0.0948. The molecule has 1 fully saturated rings. The molecule has 0 bridgehead atoms. The van der Waals surface area contributed by atoms with E-state index in [1.54, 1.807) is 10.6 Å². The van der Waals surface area contributed by atoms with Gasteiger partial charge in [-0.2, -0.15) is 0 Å². The van der Waals surface area contributed by atoms with Crippen LogP contribution in [0, 0.1) is 0 Å². The summed E-state index contributed by atoms with van der Waals surface area (Å²) >= 11 is 2.76. The Kier molecular flexibility index (Phi) is 5.59. The standard InChI is InChI=1S/C20H21N3O2S2/c24-17(21-14-7-3-1-4-8-14)13-27-20-22-18-16(11-12-26-18)19(25)23(20)15-9-5-2-6-10-15/h2,5-6,9-12,14H,1,3-4,7-8,13H2,(H,21,24). The Morgan fingerprint density at radius 3 is 2.74 bits per heavy atom. The van der Waals surface area contributed by atoms with E-state index in [0.717, 1.165) is 18.5 Å². The zero-order valence-electron chi connectivity index (χ0n) is 14.9. The summed E-state index contributed by atoms with van der Waals surface area (Å²) in [5, 5.41) is 6.16. The van der Waals surface area contributed by atoms with E-state index >= 15 is 0 Å². The molecule has 3 aromatic rings. The third-order valence-electron chi connectivity index (χ3n) is 4.78. The van der Waals surface area contributed by atoms with Crippen molar-refractivity contribution >= 4 is 39.2 Å². The van der Waals surface area contributed by atoms with Gasteiger partial charge in [-0.05, 0) is 36.4 Å². The van der Waals surface area contributed by atoms with Crippen molar-refractivity contribution in [1.29, 1.82) is 0 Å². The SMILES string of the molecule is O=C(CSc1nc2sccc2c(=O)n1-c1ccccc1)NC1CCCCC1. The minimum absolute atomic E-state index is 0.00652. The van der Waals surface area contributed by atoms with Gasteiger partial charge in [0.25, 0.3) is 5.56 Å². The number of benzene rings is 1. The molecule has 0 atom stereocenters. The number of thiophene rings is 1. The Morgan fingerprint density at radius 2 is 1.96 bits per heavy atom. The number of hydrogen-bond acceptors (Lipinski definition) is 5. The number of aromatic nitrogens is 2. The molecule has 2 aromatic heterocycles. The van der Waals surface area contributed by atoms with Gasteiger partial charge in [0, 0.05) is 6.04 Å². The van der Waals surface area contributed by atoms with Gasteiger partial charge in [0.2, 0.25) is 5.91 Å². The number of para-hydroxylation sites is 1. The van der Waals surface area contributed by atoms with Crippen LogP contribution in [0.25, 0.3) is 15.9 Å². The highest BCUT2D eigenvalue weighted by Crippen LogP contribution is 2.24. The van der Waals surface area contributed by atoms with Gasteiger partial charge in [0.1, 0.15) is 4.83 Å². The average Bonchev–Trinajstić information content (AvgIpc) is 3.17. The molecule has 1 aliphatic rings. The van der Waals surface area contributed by atoms with Crippen LogP contribution in [0.4, 0.5) is 0 Å². The Balaban J connectivity index is 1.58. The number of carbonyl (C=O) groups excluding carboxylic acids is 1. The van der Waals surface area contributed by atoms with E-state index in [4.69, 9.17) is 0 Å². The van der Waals surface area contributed by atoms with Crippen LogP contribution in [0.15, 0.2) is 51.7 Å². The van der Waals surface area contributed by atoms with E-state index < -0.39 is 0 Å². The Hall–Kier alpha value is -2.12. The van der Waals surface area contributed by atoms with Crippen LogP contribution >= 0.6 is 23.1 Å². The van der Waals surface area contributed by atoms with E-state index in [1.807, 2.05) is 35.7 Å². The Morgan fingerprint density at radius 1 is 1.19 bits per heavy atom. The molecule has 0 unspecified atom stereocenters. The van der Waals surface area contributed by atoms with Gasteiger partial charge in [-0.15, -0.1) is 11.3 Å². The summed E-state index contributed by atoms with van der Waals surface area (Å²) in [4.78, 5) is 30.7. The first-order chi connectivity index (χ1) is 13.2. The zero-order valence-corrected chi connectivity index (χ0v) is 16.5. The second-order valence-corrected chi connectivity index (χ2v) is 8.54. The Bertz CT molecular complexity index is 991. The fourth-order valence-electron chi connectivity index (χ4n) is 3.44. The summed E-state index contributed by atoms with van der Waals surface area (Å²) in [6, 6.07) is 11.6. The number of amides is 1. The lowest BCUT2D eigenvalue weighted by Gasteiger charge is -2.22. The maximum absolute atomic E-state index is 13.0. The molecule has 5 nitrogen and oxygen atoms in total. The number of thioether (sulfide) groups is 1. The van der Waals surface area contributed by atoms with Crippen LogP contribution in [-0.4, -0.2) is 27.3 Å². The van der Waals surface area contributed by atoms with Gasteiger partial charge in [0.15, 0.2) is 5.16 Å². The van der Waals surface area contributed by atoms with Crippen LogP contribution < -0.4 is 10.9 Å². The van der Waals surface area contributed by atoms with Crippen molar-refractivity contribution in [2.45, 2.75) is 43.3 Å². The summed E-state index contributed by atoms with van der Waals surface area (Å²) in [5.74, 6) is 0.263. The highest BCUT2D eigenvalue weighted by Gasteiger charge is 2.18. The molecule has 1 amide bonds. The van der Waals surface area contributed by atoms with Gasteiger partial charge < -0.3 is 5.32 Å². The van der Waals surface area contributed by atoms with Crippen molar-refractivity contribution in [2.75, 3.05) is 5.75 Å². The highest BCUT2D eigenvalue weighted by molar-refractivity contribution is 7.99. The van der Waals surface area contributed by atoms with Crippen LogP contribution in [0.5, 0.6) is 0 Å². The molecule has 1 aliphatic carbocycles. The monoisotopic (exact) mass is 399 g/mol. The molecule has 0 spiro atoms. The lowest BCUT2D eigenvalue weighted by molar-refractivity contribution is -0.119. The zero-order chi connectivity index (χ0) is 18.6. The topological polar surface area (TPSA) is 64.0 Å². The van der Waals surface area contributed by atoms with Crippen molar-refractivity contribution < 1.29 is 4.79 Å². The molecule has 1 saturated carbocycles. The molecular weight excluding hydrogens is 378 g/mol. The molecule has 140 valence electrons. The third-order valence-corrected chi connectivity index (χ3v) is 6.53. The first-order valence-electron chi connectivity index (χ1n) is 9.20. The Labute approximate surface area is 165 Å². The minimum Gasteiger partial charge on any atom is -0.353 e. The first-order valence-corrected chi connectivity index (χ1v) is 11.1. The van der Waals surface area contributed by atoms with Crippen molar-refractivity contribution in [2.24, 2.45) is 0 Å². The van der Waals surface area contributed by atoms with E-state index in [-0.39, 0.29) is 23.3 Å². The summed E-state index contributed by atoms with van der Waals surface area (Å²) in [7, 11) is 0. The number of nitrogens with zero attached hydrogens (tertiary/aromatic N) is 2. The first kappa shape index (κ1) is 18.3. The molecular formula is C20H21N3O2S2. The van der Waals surface area contributed by atoms with Crippen molar-refractivity contribution in [3.63, 3.8) is 0 Å². The number of hydrogen-bond donors (Lipinski definition) is 1. The molecule has 1 aromatic carbocycles. The second-order valence-electron chi connectivity index (χ2n) is 6.70. The molecule has 0 radical (unpaired) electrons. The lowest BCUT2D eigenvalue weighted by Crippen LogP contribution is -2.37. The maximum atomic E-state index is 13.0. The van der Waals surface area contributed by atoms with Crippen molar-refractivity contribution in [1.82, 2.24) is 14.9 Å². The summed E-state index contributed by atoms with van der Waals surface area (Å²) < 4.78 is 1.60. The molecule has 7 heteroatoms. The summed E-state index contributed by atoms with van der Waals surface area (Å²) in [6.07, 6.45) is 5.74. The number of carbonyl (C=O) groups is 1. The fraction of sp³-hybridized carbons (Fsp3) is 0.350. The molecule has 2 heterocycles. The predicted octanol–water partition coefficient (Wildman–Crippen LogP) is 3.99. The van der Waals surface area contributed by atoms with Crippen LogP contribution in [0.1, 0.15) is 32.1 Å². The quantitative estimate of drug-likeness (QED) is 0.520. The third kappa shape index (κ3) is 4.09. The van der Waals surface area contributed by atoms with E-state index in [0.29, 0.717) is 15.4 Å². The largest absolute Gasteiger partial charge is 0.353 e. The number of fused-ring (bicyclic) bond motifs is 1. The average molecular weight is 400 g/mol. The van der Waals surface area contributed by atoms with Crippen LogP contribution in [0.2, 0.25) is 0 Å². The van der Waals surface area contributed by atoms with E-state index in [9.17, 15) is 9.59 Å². The van der Waals surface area contributed by atoms with E-state index in [1.165, 1.54) is 42.4 Å². The van der Waals surface area contributed by atoms with Crippen molar-refractivity contribution in [3.05, 3.63) is 52.1 Å². The van der Waals surface area contributed by atoms with E-state index in [2.05, 4.69) is 10.3 Å². The fourth-order valence-corrected chi connectivity index (χ4v) is 5.07. The van der Waals surface area contributed by atoms with Crippen molar-refractivity contribution in [3.8, 4) is 5.69 Å². The number of nitrogens with one attached hydrogen (secondary N) is 1. The van der Waals surface area contributed by atoms with Gasteiger partial charge in [-0.25, -0.2) is 4.98 Å². The van der Waals surface area contributed by atoms with Gasteiger partial charge in [-0.3, -0.25) is 14.2 Å². The highest BCUT2D eigenvalue weighted by atomic mass is 32.2. The van der Waals surface area contributed by atoms with Gasteiger partial charge in [0.05, 0.1) is 16.8 Å². The summed E-state index contributed by atoms with van der Waals surface area (Å²) in [5.41, 5.74) is 0.668. The van der Waals surface area contributed by atoms with Crippen LogP contribution in [-0.2, 0) is 4.79 Å². The molecule has 0 saturated heterocycles. The number of rotatable bonds is 5. The van der Waals surface area contributed by atoms with Gasteiger partial charge in [-0.1, -0.05) is 49.2 Å². The molecule has 0 aliphatic heterocycles. The smallest absolute Gasteiger partial charge is 0.267 e. The predicted molar refractivity (Wildman–Crippen MR) is 111 cm³/mol. The van der Waals surface area contributed by atoms with Crippen LogP contribution in [0.3, 0.4) is 0 Å². The summed E-state index contributed by atoms with van der Waals surface area (Å²) in [6.45, 7) is 0. The molecule has 4 rings (SSSR count). The molecule has 27 heavy (non-hydrogen) atoms. The maximum Gasteiger partial charge on any atom is 0.267 e. The lowest BCUT2D eigenvalue weighted by atomic mass is 9.95. The molecule has 1 N–H and O–H groups in total.